The van der Waals surface area contributed by atoms with E-state index in [0.717, 1.165) is 101 Å². The number of thioether (sulfide) groups is 3. The van der Waals surface area contributed by atoms with Crippen molar-refractivity contribution in [1.29, 1.82) is 0 Å². The van der Waals surface area contributed by atoms with Crippen LogP contribution in [-0.2, 0) is 48.2 Å². The quantitative estimate of drug-likeness (QED) is 0.0419. The van der Waals surface area contributed by atoms with Gasteiger partial charge >= 0.3 is 17.1 Å². The van der Waals surface area contributed by atoms with E-state index in [0.29, 0.717) is 143 Å². The lowest BCUT2D eigenvalue weighted by Gasteiger charge is -2.44. The van der Waals surface area contributed by atoms with E-state index in [-0.39, 0.29) is 93.0 Å². The molecule has 0 spiro atoms. The summed E-state index contributed by atoms with van der Waals surface area (Å²) in [5, 5.41) is 2.39. The van der Waals surface area contributed by atoms with Crippen LogP contribution in [0.2, 0.25) is 10.0 Å². The molecule has 7 atom stereocenters. The first-order chi connectivity index (χ1) is 57.4. The molecule has 3 saturated heterocycles. The summed E-state index contributed by atoms with van der Waals surface area (Å²) in [4.78, 5) is 108. The van der Waals surface area contributed by atoms with Gasteiger partial charge in [0.25, 0.3) is 0 Å². The summed E-state index contributed by atoms with van der Waals surface area (Å²) in [5.74, 6) is 0.985. The van der Waals surface area contributed by atoms with Gasteiger partial charge in [0, 0.05) is 173 Å². The minimum atomic E-state index is -0.835. The van der Waals surface area contributed by atoms with Gasteiger partial charge in [-0.2, -0.15) is 15.0 Å². The maximum Gasteiger partial charge on any atom is 0.350 e. The van der Waals surface area contributed by atoms with Crippen LogP contribution in [0.25, 0.3) is 66.1 Å². The topological polar surface area (TPSA) is 206 Å². The fourth-order valence-electron chi connectivity index (χ4n) is 17.2. The number of nitrogens with zero attached hydrogens (tertiary/aromatic N) is 13. The van der Waals surface area contributed by atoms with Crippen LogP contribution in [0.3, 0.4) is 0 Å². The van der Waals surface area contributed by atoms with Gasteiger partial charge < -0.3 is 48.5 Å². The molecule has 9 aromatic rings. The third-order valence-corrected chi connectivity index (χ3v) is 26.8. The molecule has 3 amide bonds. The lowest BCUT2D eigenvalue weighted by Crippen LogP contribution is -2.58. The molecule has 22 nitrogen and oxygen atoms in total. The van der Waals surface area contributed by atoms with Gasteiger partial charge in [0.1, 0.15) is 40.7 Å². The minimum Gasteiger partial charge on any atom is -0.375 e. The van der Waals surface area contributed by atoms with E-state index in [9.17, 15) is 41.9 Å². The number of aryl methyl sites for hydroxylation is 3. The molecule has 3 aromatic heterocycles. The third-order valence-electron chi connectivity index (χ3n) is 22.6. The number of aromatic nitrogens is 6. The first kappa shape index (κ1) is 88.7. The minimum absolute atomic E-state index is 0.0506. The zero-order valence-corrected chi connectivity index (χ0v) is 73.4. The van der Waals surface area contributed by atoms with Crippen LogP contribution >= 0.6 is 58.5 Å². The number of rotatable bonds is 19. The number of halogens is 6. The molecular weight excluding hydrogens is 1640 g/mol. The Balaban J connectivity index is 0.000000156. The summed E-state index contributed by atoms with van der Waals surface area (Å²) < 4.78 is 80.8. The SMILES string of the molecule is C=CC(=O)N1CCN(c2nc(=O)n3c4c(c(-c5ccc(F)cc5)c(C)cc24)SCC(OCCN(C)C)C3)CC1.C=CC(=O)N1[C@H](C)CN(c2nc(=O)n3c4c(c(-c5cc(Cl)c(F)cc5F)c(C)cc24)SCC(OCCC)C3)C[C@@H]1C.C=CC(=O)N1[C@H](C)CN(c2nc(=O)n3c4c(c(-c5ccc(F)c(Cl)c5)c(C)cc24)SCC(OCCC)C3)C[C@@H]1C. The Kier molecular flexibility index (Phi) is 28.2. The number of amides is 3. The van der Waals surface area contributed by atoms with E-state index in [1.54, 1.807) is 71.3 Å². The average molecular weight is 1740 g/mol. The highest BCUT2D eigenvalue weighted by molar-refractivity contribution is 8.00. The van der Waals surface area contributed by atoms with Crippen LogP contribution in [0, 0.1) is 44.0 Å². The molecule has 15 rings (SSSR count). The van der Waals surface area contributed by atoms with E-state index >= 15 is 4.39 Å². The lowest BCUT2D eigenvalue weighted by atomic mass is 9.97. The van der Waals surface area contributed by atoms with Crippen molar-refractivity contribution in [2.75, 3.05) is 125 Å². The molecule has 636 valence electrons. The Morgan fingerprint density at radius 1 is 0.483 bits per heavy atom. The van der Waals surface area contributed by atoms with Crippen molar-refractivity contribution in [2.24, 2.45) is 0 Å². The molecule has 31 heteroatoms. The van der Waals surface area contributed by atoms with Crippen LogP contribution in [-0.4, -0.2) is 219 Å². The van der Waals surface area contributed by atoms with E-state index < -0.39 is 23.1 Å². The highest BCUT2D eigenvalue weighted by Gasteiger charge is 2.39. The molecule has 6 aliphatic rings. The first-order valence-electron chi connectivity index (χ1n) is 40.5. The second-order valence-corrected chi connectivity index (χ2v) is 35.5. The summed E-state index contributed by atoms with van der Waals surface area (Å²) >= 11 is 17.1. The zero-order chi connectivity index (χ0) is 86.0. The summed E-state index contributed by atoms with van der Waals surface area (Å²) in [6, 6.07) is 18.9. The lowest BCUT2D eigenvalue weighted by molar-refractivity contribution is -0.131. The molecule has 0 saturated carbocycles. The van der Waals surface area contributed by atoms with E-state index in [2.05, 4.69) is 68.4 Å². The maximum absolute atomic E-state index is 15.3. The van der Waals surface area contributed by atoms with Gasteiger partial charge in [-0.3, -0.25) is 28.1 Å². The molecule has 0 radical (unpaired) electrons. The molecular formula is C89H101Cl2F4N13O9S3. The normalized spacial score (nSPS) is 19.8. The van der Waals surface area contributed by atoms with Crippen LogP contribution in [0.4, 0.5) is 35.0 Å². The Labute approximate surface area is 718 Å². The Morgan fingerprint density at radius 3 is 1.27 bits per heavy atom. The zero-order valence-electron chi connectivity index (χ0n) is 69.4. The van der Waals surface area contributed by atoms with Gasteiger partial charge in [0.2, 0.25) is 17.7 Å². The monoisotopic (exact) mass is 1740 g/mol. The first-order valence-corrected chi connectivity index (χ1v) is 44.2. The average Bonchev–Trinajstić information content (AvgIpc) is 1.26. The highest BCUT2D eigenvalue weighted by atomic mass is 35.5. The molecule has 0 N–H and O–H groups in total. The number of likely N-dealkylation sites (N-methyl/N-ethyl adjacent to an activating group) is 1. The Hall–Kier alpha value is -9.04. The Bertz CT molecular complexity index is 5650. The second-order valence-electron chi connectivity index (χ2n) is 31.6. The van der Waals surface area contributed by atoms with E-state index in [1.807, 2.05) is 85.4 Å². The third kappa shape index (κ3) is 18.4. The fraction of sp³-hybridized carbons (Fsp3) is 0.427. The van der Waals surface area contributed by atoms with Crippen LogP contribution < -0.4 is 31.8 Å². The summed E-state index contributed by atoms with van der Waals surface area (Å²) in [6.45, 7) is 36.6. The number of ether oxygens (including phenoxy) is 3. The molecule has 9 heterocycles. The largest absolute Gasteiger partial charge is 0.375 e. The van der Waals surface area contributed by atoms with Gasteiger partial charge in [-0.1, -0.05) is 75.0 Å². The predicted molar refractivity (Wildman–Crippen MR) is 474 cm³/mol. The van der Waals surface area contributed by atoms with Crippen molar-refractivity contribution in [1.82, 2.24) is 48.3 Å². The van der Waals surface area contributed by atoms with E-state index in [4.69, 9.17) is 37.4 Å². The number of piperazine rings is 3. The Morgan fingerprint density at radius 2 is 0.867 bits per heavy atom. The number of anilines is 3. The number of carbonyl (C=O) groups is 3. The van der Waals surface area contributed by atoms with Crippen molar-refractivity contribution >= 4 is 126 Å². The molecule has 120 heavy (non-hydrogen) atoms. The molecule has 0 aliphatic carbocycles. The molecule has 6 aliphatic heterocycles. The van der Waals surface area contributed by atoms with Crippen LogP contribution in [0.5, 0.6) is 0 Å². The molecule has 3 unspecified atom stereocenters. The number of hydrogen-bond acceptors (Lipinski definition) is 19. The standard InChI is InChI=1S/C30H33ClF2N4O3S.C30H34ClFN4O3S.C29H34FN5O3S/c1-6-8-40-19-14-36-27-21(29(34-30(36)39)35-12-17(4)37(18(5)13-35)25(38)7-2)9-16(3)26(28(27)41-15-19)20-10-22(31)24(33)11-23(20)32;1-6-10-39-21-15-35-27-22(11-17(3)26(28(27)40-16-21)20-8-9-24(32)23(31)12-20)29(33-30(35)38)34-13-18(4)36(19(5)14-34)25(37)7-2;1-5-24(36)33-10-12-34(13-11-33)28-23-16-19(2)25(20-6-8-21(30)9-7-20)27-26(23)35(29(37)31-28)17-22(18-39-27)38-15-14-32(3)4/h7,9-11,17-19H,2,6,8,12-15H2,1,3-5H3;7-9,11-12,18-19,21H,2,6,10,13-16H2,1,3-5H3;5-9,16,22H,1,10-15,17-18H2,2-4H3/t17-,18+,19?;18-,19+,21?;. The van der Waals surface area contributed by atoms with Gasteiger partial charge in [-0.25, -0.2) is 31.9 Å². The molecule has 3 fully saturated rings. The molecule has 6 aromatic carbocycles. The number of carbonyl (C=O) groups excluding carboxylic acids is 3. The second kappa shape index (κ2) is 38.2. The smallest absolute Gasteiger partial charge is 0.350 e. The van der Waals surface area contributed by atoms with Crippen molar-refractivity contribution in [3.8, 4) is 33.4 Å². The number of hydrogen-bond donors (Lipinski definition) is 0. The van der Waals surface area contributed by atoms with Gasteiger partial charge in [-0.05, 0) is 170 Å². The van der Waals surface area contributed by atoms with Gasteiger partial charge in [-0.15, -0.1) is 35.3 Å². The summed E-state index contributed by atoms with van der Waals surface area (Å²) in [5.41, 5.74) is 8.26. The van der Waals surface area contributed by atoms with E-state index in [1.165, 1.54) is 54.3 Å². The summed E-state index contributed by atoms with van der Waals surface area (Å²) in [6.07, 6.45) is 5.13. The molecule has 0 bridgehead atoms. The van der Waals surface area contributed by atoms with Crippen LogP contribution in [0.15, 0.2) is 140 Å². The van der Waals surface area contributed by atoms with Crippen molar-refractivity contribution in [3.63, 3.8) is 0 Å². The number of benzene rings is 6. The fourth-order valence-corrected chi connectivity index (χ4v) is 21.5. The predicted octanol–water partition coefficient (Wildman–Crippen LogP) is 14.9. The van der Waals surface area contributed by atoms with Gasteiger partial charge in [0.15, 0.2) is 0 Å². The van der Waals surface area contributed by atoms with Crippen molar-refractivity contribution in [2.45, 2.75) is 152 Å². The summed E-state index contributed by atoms with van der Waals surface area (Å²) in [7, 11) is 4.01. The van der Waals surface area contributed by atoms with Crippen LogP contribution in [0.1, 0.15) is 71.1 Å². The maximum atomic E-state index is 15.3. The van der Waals surface area contributed by atoms with Gasteiger partial charge in [0.05, 0.1) is 71.1 Å². The van der Waals surface area contributed by atoms with Crippen molar-refractivity contribution < 1.29 is 46.2 Å². The van der Waals surface area contributed by atoms with Crippen molar-refractivity contribution in [3.05, 3.63) is 192 Å². The highest BCUT2D eigenvalue weighted by Crippen LogP contribution is 2.49.